The van der Waals surface area contributed by atoms with Gasteiger partial charge in [0.25, 0.3) is 0 Å². The summed E-state index contributed by atoms with van der Waals surface area (Å²) in [7, 11) is 0. The summed E-state index contributed by atoms with van der Waals surface area (Å²) in [6.07, 6.45) is 0. The van der Waals surface area contributed by atoms with Gasteiger partial charge in [0.15, 0.2) is 0 Å². The maximum atomic E-state index is 10.7. The molecule has 0 bridgehead atoms. The van der Waals surface area contributed by atoms with E-state index in [9.17, 15) is 5.11 Å². The molecule has 108 valence electrons. The lowest BCUT2D eigenvalue weighted by atomic mass is 9.93. The van der Waals surface area contributed by atoms with Gasteiger partial charge >= 0.3 is 0 Å². The zero-order valence-corrected chi connectivity index (χ0v) is 11.8. The molecule has 0 amide bonds. The van der Waals surface area contributed by atoms with Crippen LogP contribution in [-0.4, -0.2) is 5.11 Å². The predicted molar refractivity (Wildman–Crippen MR) is 93.9 cm³/mol. The van der Waals surface area contributed by atoms with E-state index in [-0.39, 0.29) is 5.75 Å². The first-order valence-electron chi connectivity index (χ1n) is 6.99. The molecule has 22 heavy (non-hydrogen) atoms. The number of anilines is 3. The van der Waals surface area contributed by atoms with Gasteiger partial charge in [-0.05, 0) is 0 Å². The Morgan fingerprint density at radius 3 is 1.41 bits per heavy atom. The van der Waals surface area contributed by atoms with Crippen LogP contribution in [0.3, 0.4) is 0 Å². The fourth-order valence-electron chi connectivity index (χ4n) is 3.21. The average molecular weight is 289 g/mol. The number of rotatable bonds is 0. The van der Waals surface area contributed by atoms with Crippen LogP contribution in [0.4, 0.5) is 17.1 Å². The Bertz CT molecular complexity index is 902. The smallest absolute Gasteiger partial charge is 0.133 e. The summed E-state index contributed by atoms with van der Waals surface area (Å²) in [5.74, 6) is 0.120. The SMILES string of the molecule is Nc1c2ccccc2c(N)c2c(O)c3ccccc3c(N)c12. The zero-order valence-electron chi connectivity index (χ0n) is 11.8. The number of phenols is 1. The highest BCUT2D eigenvalue weighted by Crippen LogP contribution is 2.47. The van der Waals surface area contributed by atoms with Crippen LogP contribution in [0.25, 0.3) is 32.3 Å². The molecule has 0 aromatic heterocycles. The van der Waals surface area contributed by atoms with E-state index < -0.39 is 0 Å². The van der Waals surface area contributed by atoms with Crippen LogP contribution in [0.2, 0.25) is 0 Å². The molecule has 0 saturated heterocycles. The van der Waals surface area contributed by atoms with Gasteiger partial charge in [-0.1, -0.05) is 48.5 Å². The molecule has 0 spiro atoms. The molecule has 0 radical (unpaired) electrons. The maximum absolute atomic E-state index is 10.7. The molecule has 4 aromatic rings. The van der Waals surface area contributed by atoms with Gasteiger partial charge in [0.05, 0.1) is 11.1 Å². The van der Waals surface area contributed by atoms with Gasteiger partial charge in [-0.15, -0.1) is 0 Å². The second kappa shape index (κ2) is 4.18. The van der Waals surface area contributed by atoms with Crippen molar-refractivity contribution in [2.75, 3.05) is 17.2 Å². The number of fused-ring (bicyclic) bond motifs is 3. The lowest BCUT2D eigenvalue weighted by Gasteiger charge is -2.16. The first-order chi connectivity index (χ1) is 10.6. The Labute approximate surface area is 126 Å². The average Bonchev–Trinajstić information content (AvgIpc) is 2.56. The van der Waals surface area contributed by atoms with Gasteiger partial charge < -0.3 is 22.3 Å². The van der Waals surface area contributed by atoms with Gasteiger partial charge in [-0.25, -0.2) is 0 Å². The highest BCUT2D eigenvalue weighted by Gasteiger charge is 2.18. The van der Waals surface area contributed by atoms with Crippen molar-refractivity contribution in [2.45, 2.75) is 0 Å². The van der Waals surface area contributed by atoms with E-state index in [0.717, 1.165) is 16.2 Å². The molecular formula is C18H15N3O. The number of benzene rings is 4. The second-order valence-corrected chi connectivity index (χ2v) is 5.43. The lowest BCUT2D eigenvalue weighted by Crippen LogP contribution is -2.00. The number of hydrogen-bond donors (Lipinski definition) is 4. The van der Waals surface area contributed by atoms with Crippen molar-refractivity contribution in [3.63, 3.8) is 0 Å². The van der Waals surface area contributed by atoms with Gasteiger partial charge in [0.1, 0.15) is 5.75 Å². The van der Waals surface area contributed by atoms with Crippen LogP contribution in [0, 0.1) is 0 Å². The monoisotopic (exact) mass is 289 g/mol. The standard InChI is InChI=1S/C18H15N3O/c19-15-9-5-1-2-6-10(9)17(21)14-13(15)16(20)11-7-3-4-8-12(11)18(14)22/h1-8,22H,19-21H2. The molecule has 4 rings (SSSR count). The van der Waals surface area contributed by atoms with E-state index in [0.29, 0.717) is 33.2 Å². The van der Waals surface area contributed by atoms with E-state index in [1.165, 1.54) is 0 Å². The van der Waals surface area contributed by atoms with Crippen molar-refractivity contribution in [2.24, 2.45) is 0 Å². The van der Waals surface area contributed by atoms with E-state index in [4.69, 9.17) is 17.2 Å². The molecule has 4 aromatic carbocycles. The quantitative estimate of drug-likeness (QED) is 0.172. The Hall–Kier alpha value is -3.14. The number of aromatic hydroxyl groups is 1. The fraction of sp³-hybridized carbons (Fsp3) is 0. The Balaban J connectivity index is 2.42. The lowest BCUT2D eigenvalue weighted by molar-refractivity contribution is 0.488. The van der Waals surface area contributed by atoms with Gasteiger partial charge in [-0.2, -0.15) is 0 Å². The fourth-order valence-corrected chi connectivity index (χ4v) is 3.21. The van der Waals surface area contributed by atoms with E-state index in [2.05, 4.69) is 0 Å². The molecule has 0 aliphatic rings. The normalized spacial score (nSPS) is 11.5. The third-order valence-electron chi connectivity index (χ3n) is 4.27. The summed E-state index contributed by atoms with van der Waals surface area (Å²) in [4.78, 5) is 0. The van der Waals surface area contributed by atoms with Gasteiger partial charge in [0.2, 0.25) is 0 Å². The molecule has 0 unspecified atom stereocenters. The molecule has 7 N–H and O–H groups in total. The van der Waals surface area contributed by atoms with Crippen molar-refractivity contribution in [1.29, 1.82) is 0 Å². The minimum Gasteiger partial charge on any atom is -0.507 e. The third kappa shape index (κ3) is 1.41. The van der Waals surface area contributed by atoms with Crippen molar-refractivity contribution in [1.82, 2.24) is 0 Å². The number of phenolic OH excluding ortho intramolecular Hbond substituents is 1. The summed E-state index contributed by atoms with van der Waals surface area (Å²) in [6, 6.07) is 15.0. The third-order valence-corrected chi connectivity index (χ3v) is 4.27. The molecule has 0 heterocycles. The van der Waals surface area contributed by atoms with Crippen LogP contribution in [-0.2, 0) is 0 Å². The van der Waals surface area contributed by atoms with Gasteiger partial charge in [0, 0.05) is 38.3 Å². The maximum Gasteiger partial charge on any atom is 0.133 e. The summed E-state index contributed by atoms with van der Waals surface area (Å²) in [6.45, 7) is 0. The van der Waals surface area contributed by atoms with E-state index in [1.807, 2.05) is 48.5 Å². The second-order valence-electron chi connectivity index (χ2n) is 5.43. The topological polar surface area (TPSA) is 98.3 Å². The highest BCUT2D eigenvalue weighted by molar-refractivity contribution is 6.28. The first kappa shape index (κ1) is 12.6. The zero-order chi connectivity index (χ0) is 15.4. The number of nitrogen functional groups attached to an aromatic ring is 3. The molecule has 0 aliphatic carbocycles. The Kier molecular flexibility index (Phi) is 2.39. The van der Waals surface area contributed by atoms with E-state index in [1.54, 1.807) is 0 Å². The number of hydrogen-bond acceptors (Lipinski definition) is 4. The molecule has 0 aliphatic heterocycles. The Morgan fingerprint density at radius 2 is 0.909 bits per heavy atom. The first-order valence-corrected chi connectivity index (χ1v) is 6.99. The molecular weight excluding hydrogens is 274 g/mol. The summed E-state index contributed by atoms with van der Waals surface area (Å²) in [5, 5.41) is 15.0. The molecule has 0 atom stereocenters. The minimum absolute atomic E-state index is 0.120. The molecule has 4 nitrogen and oxygen atoms in total. The van der Waals surface area contributed by atoms with Crippen molar-refractivity contribution in [3.05, 3.63) is 48.5 Å². The van der Waals surface area contributed by atoms with Crippen LogP contribution in [0.1, 0.15) is 0 Å². The predicted octanol–water partition coefficient (Wildman–Crippen LogP) is 3.60. The minimum atomic E-state index is 0.120. The Morgan fingerprint density at radius 1 is 0.545 bits per heavy atom. The molecule has 0 saturated carbocycles. The molecule has 4 heteroatoms. The highest BCUT2D eigenvalue weighted by atomic mass is 16.3. The van der Waals surface area contributed by atoms with Crippen molar-refractivity contribution >= 4 is 49.4 Å². The van der Waals surface area contributed by atoms with Crippen LogP contribution < -0.4 is 17.2 Å². The van der Waals surface area contributed by atoms with Gasteiger partial charge in [-0.3, -0.25) is 0 Å². The molecule has 0 fully saturated rings. The van der Waals surface area contributed by atoms with Crippen molar-refractivity contribution in [3.8, 4) is 5.75 Å². The van der Waals surface area contributed by atoms with Crippen molar-refractivity contribution < 1.29 is 5.11 Å². The van der Waals surface area contributed by atoms with E-state index >= 15 is 0 Å². The van der Waals surface area contributed by atoms with Crippen LogP contribution in [0.15, 0.2) is 48.5 Å². The summed E-state index contributed by atoms with van der Waals surface area (Å²) in [5.41, 5.74) is 20.6. The summed E-state index contributed by atoms with van der Waals surface area (Å²) < 4.78 is 0. The van der Waals surface area contributed by atoms with Crippen LogP contribution >= 0.6 is 0 Å². The van der Waals surface area contributed by atoms with Crippen LogP contribution in [0.5, 0.6) is 5.75 Å². The number of nitrogens with two attached hydrogens (primary N) is 3. The largest absolute Gasteiger partial charge is 0.507 e. The summed E-state index contributed by atoms with van der Waals surface area (Å²) >= 11 is 0.